The third kappa shape index (κ3) is 5.88. The quantitative estimate of drug-likeness (QED) is 0.708. The summed E-state index contributed by atoms with van der Waals surface area (Å²) in [5.74, 6) is -0.239. The molecular weight excluding hydrogens is 238 g/mol. The molecule has 19 heavy (non-hydrogen) atoms. The Hall–Kier alpha value is -1.35. The van der Waals surface area contributed by atoms with Gasteiger partial charge in [0.1, 0.15) is 0 Å². The second-order valence-corrected chi connectivity index (χ2v) is 5.37. The van der Waals surface area contributed by atoms with Gasteiger partial charge in [-0.25, -0.2) is 0 Å². The molecule has 2 N–H and O–H groups in total. The van der Waals surface area contributed by atoms with E-state index in [4.69, 9.17) is 5.11 Å². The number of aryl methyl sites for hydroxylation is 2. The smallest absolute Gasteiger partial charge is 0.303 e. The van der Waals surface area contributed by atoms with Crippen molar-refractivity contribution in [1.82, 2.24) is 5.32 Å². The van der Waals surface area contributed by atoms with Crippen molar-refractivity contribution in [2.24, 2.45) is 5.92 Å². The summed E-state index contributed by atoms with van der Waals surface area (Å²) in [6.07, 6.45) is 2.07. The van der Waals surface area contributed by atoms with E-state index in [1.165, 1.54) is 16.7 Å². The van der Waals surface area contributed by atoms with Crippen LogP contribution in [-0.2, 0) is 11.3 Å². The first kappa shape index (κ1) is 15.7. The maximum atomic E-state index is 10.5. The van der Waals surface area contributed by atoms with E-state index in [1.54, 1.807) is 0 Å². The topological polar surface area (TPSA) is 49.3 Å². The van der Waals surface area contributed by atoms with Crippen molar-refractivity contribution in [3.8, 4) is 0 Å². The van der Waals surface area contributed by atoms with Crippen molar-refractivity contribution >= 4 is 5.97 Å². The molecule has 1 aromatic carbocycles. The van der Waals surface area contributed by atoms with Crippen LogP contribution < -0.4 is 5.32 Å². The highest BCUT2D eigenvalue weighted by molar-refractivity contribution is 5.66. The summed E-state index contributed by atoms with van der Waals surface area (Å²) in [7, 11) is 0. The number of hydrogen-bond donors (Lipinski definition) is 2. The standard InChI is InChI=1S/C16H25NO2/c1-12(7-8-16(18)19)9-10-17-11-15-13(2)5-4-6-14(15)3/h4-6,12,17H,7-11H2,1-3H3,(H,18,19). The Morgan fingerprint density at radius 1 is 1.26 bits per heavy atom. The molecule has 0 aromatic heterocycles. The molecule has 1 rings (SSSR count). The van der Waals surface area contributed by atoms with Crippen LogP contribution in [0.3, 0.4) is 0 Å². The van der Waals surface area contributed by atoms with Crippen LogP contribution in [0.15, 0.2) is 18.2 Å². The Morgan fingerprint density at radius 3 is 2.47 bits per heavy atom. The Labute approximate surface area is 116 Å². The fourth-order valence-electron chi connectivity index (χ4n) is 2.20. The third-order valence-corrected chi connectivity index (χ3v) is 3.61. The number of benzene rings is 1. The number of rotatable bonds is 8. The first-order chi connectivity index (χ1) is 9.00. The molecule has 0 amide bonds. The van der Waals surface area contributed by atoms with Crippen LogP contribution in [0, 0.1) is 19.8 Å². The molecule has 0 bridgehead atoms. The normalized spacial score (nSPS) is 12.4. The molecule has 0 fully saturated rings. The van der Waals surface area contributed by atoms with Crippen LogP contribution >= 0.6 is 0 Å². The van der Waals surface area contributed by atoms with Crippen LogP contribution in [0.25, 0.3) is 0 Å². The van der Waals surface area contributed by atoms with Crippen LogP contribution in [0.4, 0.5) is 0 Å². The highest BCUT2D eigenvalue weighted by Gasteiger charge is 2.06. The van der Waals surface area contributed by atoms with Crippen molar-refractivity contribution < 1.29 is 9.90 Å². The van der Waals surface area contributed by atoms with Gasteiger partial charge in [0.25, 0.3) is 0 Å². The molecule has 0 aliphatic heterocycles. The van der Waals surface area contributed by atoms with Crippen molar-refractivity contribution in [1.29, 1.82) is 0 Å². The van der Waals surface area contributed by atoms with Gasteiger partial charge < -0.3 is 10.4 Å². The van der Waals surface area contributed by atoms with Gasteiger partial charge in [-0.05, 0) is 55.8 Å². The van der Waals surface area contributed by atoms with E-state index in [1.807, 2.05) is 0 Å². The molecule has 3 nitrogen and oxygen atoms in total. The van der Waals surface area contributed by atoms with E-state index in [0.717, 1.165) is 25.9 Å². The van der Waals surface area contributed by atoms with E-state index in [2.05, 4.69) is 44.3 Å². The Bertz CT molecular complexity index is 395. The summed E-state index contributed by atoms with van der Waals surface area (Å²) >= 11 is 0. The molecule has 0 aliphatic rings. The highest BCUT2D eigenvalue weighted by Crippen LogP contribution is 2.13. The Balaban J connectivity index is 2.25. The zero-order chi connectivity index (χ0) is 14.3. The zero-order valence-corrected chi connectivity index (χ0v) is 12.2. The van der Waals surface area contributed by atoms with Crippen molar-refractivity contribution in [3.05, 3.63) is 34.9 Å². The molecule has 1 aromatic rings. The highest BCUT2D eigenvalue weighted by atomic mass is 16.4. The predicted octanol–water partition coefficient (Wildman–Crippen LogP) is 3.28. The molecule has 106 valence electrons. The molecule has 0 saturated carbocycles. The van der Waals surface area contributed by atoms with Gasteiger partial charge >= 0.3 is 5.97 Å². The maximum Gasteiger partial charge on any atom is 0.303 e. The monoisotopic (exact) mass is 263 g/mol. The average Bonchev–Trinajstić information content (AvgIpc) is 2.35. The van der Waals surface area contributed by atoms with Crippen molar-refractivity contribution in [2.75, 3.05) is 6.54 Å². The first-order valence-electron chi connectivity index (χ1n) is 6.98. The molecule has 1 unspecified atom stereocenters. The van der Waals surface area contributed by atoms with Gasteiger partial charge in [0.2, 0.25) is 0 Å². The molecule has 0 aliphatic carbocycles. The fraction of sp³-hybridized carbons (Fsp3) is 0.562. The van der Waals surface area contributed by atoms with Gasteiger partial charge in [0.05, 0.1) is 0 Å². The van der Waals surface area contributed by atoms with E-state index < -0.39 is 5.97 Å². The van der Waals surface area contributed by atoms with Crippen LogP contribution in [0.5, 0.6) is 0 Å². The molecule has 0 saturated heterocycles. The third-order valence-electron chi connectivity index (χ3n) is 3.61. The summed E-state index contributed by atoms with van der Waals surface area (Å²) in [6.45, 7) is 8.22. The number of carbonyl (C=O) groups is 1. The van der Waals surface area contributed by atoms with Crippen LogP contribution in [0.2, 0.25) is 0 Å². The molecule has 0 radical (unpaired) electrons. The van der Waals surface area contributed by atoms with Gasteiger partial charge in [0.15, 0.2) is 0 Å². The lowest BCUT2D eigenvalue weighted by atomic mass is 10.0. The largest absolute Gasteiger partial charge is 0.481 e. The van der Waals surface area contributed by atoms with E-state index in [9.17, 15) is 4.79 Å². The van der Waals surface area contributed by atoms with Crippen LogP contribution in [0.1, 0.15) is 42.9 Å². The van der Waals surface area contributed by atoms with Gasteiger partial charge in [-0.2, -0.15) is 0 Å². The van der Waals surface area contributed by atoms with E-state index in [0.29, 0.717) is 5.92 Å². The lowest BCUT2D eigenvalue weighted by Crippen LogP contribution is -2.18. The summed E-state index contributed by atoms with van der Waals surface area (Å²) in [5, 5.41) is 12.1. The van der Waals surface area contributed by atoms with Crippen LogP contribution in [-0.4, -0.2) is 17.6 Å². The minimum Gasteiger partial charge on any atom is -0.481 e. The Morgan fingerprint density at radius 2 is 1.89 bits per heavy atom. The number of carboxylic acids is 1. The number of carboxylic acid groups (broad SMARTS) is 1. The van der Waals surface area contributed by atoms with E-state index in [-0.39, 0.29) is 6.42 Å². The zero-order valence-electron chi connectivity index (χ0n) is 12.2. The summed E-state index contributed by atoms with van der Waals surface area (Å²) in [4.78, 5) is 10.5. The van der Waals surface area contributed by atoms with E-state index >= 15 is 0 Å². The van der Waals surface area contributed by atoms with Gasteiger partial charge in [0, 0.05) is 13.0 Å². The minimum atomic E-state index is -0.699. The number of aliphatic carboxylic acids is 1. The summed E-state index contributed by atoms with van der Waals surface area (Å²) < 4.78 is 0. The number of hydrogen-bond acceptors (Lipinski definition) is 2. The van der Waals surface area contributed by atoms with Gasteiger partial charge in [-0.3, -0.25) is 4.79 Å². The molecule has 0 heterocycles. The summed E-state index contributed by atoms with van der Waals surface area (Å²) in [5.41, 5.74) is 4.03. The molecule has 3 heteroatoms. The average molecular weight is 263 g/mol. The first-order valence-corrected chi connectivity index (χ1v) is 6.98. The lowest BCUT2D eigenvalue weighted by Gasteiger charge is -2.13. The molecule has 1 atom stereocenters. The minimum absolute atomic E-state index is 0.276. The maximum absolute atomic E-state index is 10.5. The Kier molecular flexibility index (Phi) is 6.57. The van der Waals surface area contributed by atoms with Gasteiger partial charge in [-0.1, -0.05) is 25.1 Å². The van der Waals surface area contributed by atoms with Gasteiger partial charge in [-0.15, -0.1) is 0 Å². The molecular formula is C16H25NO2. The fourth-order valence-corrected chi connectivity index (χ4v) is 2.20. The lowest BCUT2D eigenvalue weighted by molar-refractivity contribution is -0.137. The van der Waals surface area contributed by atoms with Crippen molar-refractivity contribution in [3.63, 3.8) is 0 Å². The summed E-state index contributed by atoms with van der Waals surface area (Å²) in [6, 6.07) is 6.36. The second-order valence-electron chi connectivity index (χ2n) is 5.37. The number of nitrogens with one attached hydrogen (secondary N) is 1. The van der Waals surface area contributed by atoms with Crippen molar-refractivity contribution in [2.45, 2.75) is 46.6 Å². The molecule has 0 spiro atoms. The second kappa shape index (κ2) is 7.95. The predicted molar refractivity (Wildman–Crippen MR) is 78.3 cm³/mol. The SMILES string of the molecule is Cc1cccc(C)c1CNCCC(C)CCC(=O)O.